The molecule has 0 saturated carbocycles. The van der Waals surface area contributed by atoms with E-state index in [2.05, 4.69) is 0 Å². The number of amides is 1. The van der Waals surface area contributed by atoms with Crippen molar-refractivity contribution < 1.29 is 26.4 Å². The number of benzene rings is 2. The van der Waals surface area contributed by atoms with Gasteiger partial charge in [0.15, 0.2) is 0 Å². The van der Waals surface area contributed by atoms with E-state index in [1.165, 1.54) is 28.6 Å². The molecule has 2 aromatic rings. The standard InChI is InChI=1S/C21H25N3O6S2/c25-21(22-13-15-30-16-14-22)20-17-23(31(26,27)18-7-3-1-4-8-18)11-12-24(20)32(28,29)19-9-5-2-6-10-19/h1-10,20H,11-17H2. The number of rotatable bonds is 5. The summed E-state index contributed by atoms with van der Waals surface area (Å²) < 4.78 is 60.7. The van der Waals surface area contributed by atoms with Crippen molar-refractivity contribution in [3.05, 3.63) is 60.7 Å². The Balaban J connectivity index is 1.68. The molecular formula is C21H25N3O6S2. The first-order valence-electron chi connectivity index (χ1n) is 10.3. The van der Waals surface area contributed by atoms with E-state index >= 15 is 0 Å². The normalized spacial score (nSPS) is 21.4. The Bertz CT molecular complexity index is 1150. The summed E-state index contributed by atoms with van der Waals surface area (Å²) in [5.74, 6) is -0.416. The maximum absolute atomic E-state index is 13.4. The third kappa shape index (κ3) is 4.44. The molecule has 1 atom stereocenters. The molecule has 2 saturated heterocycles. The van der Waals surface area contributed by atoms with Crippen molar-refractivity contribution >= 4 is 26.0 Å². The molecule has 0 spiro atoms. The second-order valence-electron chi connectivity index (χ2n) is 7.56. The lowest BCUT2D eigenvalue weighted by molar-refractivity contribution is -0.140. The molecule has 0 bridgehead atoms. The largest absolute Gasteiger partial charge is 0.378 e. The molecule has 172 valence electrons. The number of nitrogens with zero attached hydrogens (tertiary/aromatic N) is 3. The van der Waals surface area contributed by atoms with Gasteiger partial charge in [-0.25, -0.2) is 16.8 Å². The zero-order valence-electron chi connectivity index (χ0n) is 17.4. The number of ether oxygens (including phenoxy) is 1. The third-order valence-electron chi connectivity index (χ3n) is 5.63. The van der Waals surface area contributed by atoms with E-state index in [4.69, 9.17) is 4.74 Å². The summed E-state index contributed by atoms with van der Waals surface area (Å²) in [7, 11) is -7.87. The van der Waals surface area contributed by atoms with Crippen LogP contribution in [0.1, 0.15) is 0 Å². The lowest BCUT2D eigenvalue weighted by Crippen LogP contribution is -2.62. The van der Waals surface area contributed by atoms with Gasteiger partial charge in [-0.2, -0.15) is 8.61 Å². The minimum absolute atomic E-state index is 0.0455. The first kappa shape index (κ1) is 22.9. The molecule has 1 amide bonds. The van der Waals surface area contributed by atoms with Gasteiger partial charge in [0.2, 0.25) is 26.0 Å². The van der Waals surface area contributed by atoms with Crippen LogP contribution in [0.2, 0.25) is 0 Å². The van der Waals surface area contributed by atoms with Crippen molar-refractivity contribution in [2.75, 3.05) is 45.9 Å². The summed E-state index contributed by atoms with van der Waals surface area (Å²) in [6, 6.07) is 14.7. The molecule has 2 heterocycles. The molecule has 0 aliphatic carbocycles. The van der Waals surface area contributed by atoms with Gasteiger partial charge in [-0.05, 0) is 24.3 Å². The smallest absolute Gasteiger partial charge is 0.243 e. The fourth-order valence-corrected chi connectivity index (χ4v) is 6.96. The monoisotopic (exact) mass is 479 g/mol. The van der Waals surface area contributed by atoms with Crippen LogP contribution < -0.4 is 0 Å². The van der Waals surface area contributed by atoms with Gasteiger partial charge in [0.05, 0.1) is 23.0 Å². The molecule has 2 aliphatic rings. The molecule has 9 nitrogen and oxygen atoms in total. The minimum Gasteiger partial charge on any atom is -0.378 e. The van der Waals surface area contributed by atoms with Crippen molar-refractivity contribution in [3.63, 3.8) is 0 Å². The van der Waals surface area contributed by atoms with Gasteiger partial charge < -0.3 is 9.64 Å². The van der Waals surface area contributed by atoms with E-state index in [0.717, 1.165) is 4.31 Å². The van der Waals surface area contributed by atoms with Gasteiger partial charge in [-0.1, -0.05) is 36.4 Å². The van der Waals surface area contributed by atoms with Crippen molar-refractivity contribution in [1.82, 2.24) is 13.5 Å². The van der Waals surface area contributed by atoms with Crippen LogP contribution in [0.3, 0.4) is 0 Å². The number of sulfonamides is 2. The Kier molecular flexibility index (Phi) is 6.63. The maximum Gasteiger partial charge on any atom is 0.243 e. The van der Waals surface area contributed by atoms with Crippen LogP contribution >= 0.6 is 0 Å². The van der Waals surface area contributed by atoms with Crippen molar-refractivity contribution in [2.24, 2.45) is 0 Å². The summed E-state index contributed by atoms with van der Waals surface area (Å²) in [6.07, 6.45) is 0. The van der Waals surface area contributed by atoms with Crippen molar-refractivity contribution in [2.45, 2.75) is 15.8 Å². The van der Waals surface area contributed by atoms with E-state index in [-0.39, 0.29) is 29.4 Å². The van der Waals surface area contributed by atoms with Gasteiger partial charge in [-0.3, -0.25) is 4.79 Å². The summed E-state index contributed by atoms with van der Waals surface area (Å²) >= 11 is 0. The summed E-state index contributed by atoms with van der Waals surface area (Å²) in [5, 5.41) is 0. The number of carbonyl (C=O) groups excluding carboxylic acids is 1. The molecule has 2 fully saturated rings. The van der Waals surface area contributed by atoms with Gasteiger partial charge in [0, 0.05) is 32.7 Å². The number of hydrogen-bond donors (Lipinski definition) is 0. The lowest BCUT2D eigenvalue weighted by atomic mass is 10.2. The molecule has 11 heteroatoms. The zero-order valence-corrected chi connectivity index (χ0v) is 19.0. The van der Waals surface area contributed by atoms with Crippen molar-refractivity contribution in [1.29, 1.82) is 0 Å². The Morgan fingerprint density at radius 1 is 0.750 bits per heavy atom. The van der Waals surface area contributed by atoms with E-state index in [0.29, 0.717) is 26.3 Å². The Labute approximate surface area is 188 Å². The van der Waals surface area contributed by atoms with Crippen LogP contribution in [0.4, 0.5) is 0 Å². The summed E-state index contributed by atoms with van der Waals surface area (Å²) in [6.45, 7) is 0.964. The topological polar surface area (TPSA) is 104 Å². The van der Waals surface area contributed by atoms with E-state index < -0.39 is 32.0 Å². The average molecular weight is 480 g/mol. The highest BCUT2D eigenvalue weighted by atomic mass is 32.2. The van der Waals surface area contributed by atoms with Crippen LogP contribution in [-0.4, -0.2) is 88.2 Å². The highest BCUT2D eigenvalue weighted by Gasteiger charge is 2.44. The predicted octanol–water partition coefficient (Wildman–Crippen LogP) is 0.609. The van der Waals surface area contributed by atoms with E-state index in [9.17, 15) is 21.6 Å². The molecule has 4 rings (SSSR count). The molecule has 2 aliphatic heterocycles. The van der Waals surface area contributed by atoms with Crippen LogP contribution in [-0.2, 0) is 29.6 Å². The minimum atomic E-state index is -4.00. The van der Waals surface area contributed by atoms with E-state index in [1.807, 2.05) is 0 Å². The van der Waals surface area contributed by atoms with E-state index in [1.54, 1.807) is 41.3 Å². The van der Waals surface area contributed by atoms with Crippen LogP contribution in [0.25, 0.3) is 0 Å². The molecule has 32 heavy (non-hydrogen) atoms. The second kappa shape index (κ2) is 9.28. The third-order valence-corrected chi connectivity index (χ3v) is 9.43. The molecule has 0 aromatic heterocycles. The second-order valence-corrected chi connectivity index (χ2v) is 11.4. The molecular weight excluding hydrogens is 454 g/mol. The van der Waals surface area contributed by atoms with Gasteiger partial charge in [-0.15, -0.1) is 0 Å². The fraction of sp³-hybridized carbons (Fsp3) is 0.381. The maximum atomic E-state index is 13.4. The number of hydrogen-bond acceptors (Lipinski definition) is 6. The SMILES string of the molecule is O=C(C1CN(S(=O)(=O)c2ccccc2)CCN1S(=O)(=O)c1ccccc1)N1CCOCC1. The first-order valence-corrected chi connectivity index (χ1v) is 13.2. The fourth-order valence-electron chi connectivity index (χ4n) is 3.91. The van der Waals surface area contributed by atoms with Crippen molar-refractivity contribution in [3.8, 4) is 0 Å². The van der Waals surface area contributed by atoms with Crippen LogP contribution in [0.5, 0.6) is 0 Å². The number of piperazine rings is 1. The highest BCUT2D eigenvalue weighted by Crippen LogP contribution is 2.26. The number of morpholine rings is 1. The predicted molar refractivity (Wildman–Crippen MR) is 117 cm³/mol. The highest BCUT2D eigenvalue weighted by molar-refractivity contribution is 7.89. The van der Waals surface area contributed by atoms with Gasteiger partial charge in [0.25, 0.3) is 0 Å². The molecule has 2 aromatic carbocycles. The summed E-state index contributed by atoms with van der Waals surface area (Å²) in [5.41, 5.74) is 0. The Hall–Kier alpha value is -2.31. The zero-order chi connectivity index (χ0) is 22.8. The first-order chi connectivity index (χ1) is 15.3. The summed E-state index contributed by atoms with van der Waals surface area (Å²) in [4.78, 5) is 15.1. The lowest BCUT2D eigenvalue weighted by Gasteiger charge is -2.41. The number of carbonyl (C=O) groups is 1. The average Bonchev–Trinajstić information content (AvgIpc) is 2.85. The quantitative estimate of drug-likeness (QED) is 0.622. The van der Waals surface area contributed by atoms with Gasteiger partial charge in [0.1, 0.15) is 6.04 Å². The Morgan fingerprint density at radius 3 is 1.84 bits per heavy atom. The van der Waals surface area contributed by atoms with Crippen LogP contribution in [0, 0.1) is 0 Å². The molecule has 0 radical (unpaired) electrons. The molecule has 1 unspecified atom stereocenters. The van der Waals surface area contributed by atoms with Gasteiger partial charge >= 0.3 is 0 Å². The Morgan fingerprint density at radius 2 is 1.28 bits per heavy atom. The molecule has 0 N–H and O–H groups in total. The van der Waals surface area contributed by atoms with Crippen LogP contribution in [0.15, 0.2) is 70.5 Å².